The van der Waals surface area contributed by atoms with Crippen LogP contribution in [-0.4, -0.2) is 28.6 Å². The summed E-state index contributed by atoms with van der Waals surface area (Å²) in [6.07, 6.45) is 1.49. The van der Waals surface area contributed by atoms with Gasteiger partial charge in [-0.3, -0.25) is 4.79 Å². The van der Waals surface area contributed by atoms with Gasteiger partial charge in [0.25, 0.3) is 0 Å². The lowest BCUT2D eigenvalue weighted by Crippen LogP contribution is -2.08. The number of para-hydroxylation sites is 1. The second-order valence-corrected chi connectivity index (χ2v) is 6.05. The van der Waals surface area contributed by atoms with Gasteiger partial charge in [-0.05, 0) is 44.2 Å². The third-order valence-corrected chi connectivity index (χ3v) is 4.28. The Bertz CT molecular complexity index is 977. The van der Waals surface area contributed by atoms with Crippen LogP contribution in [0.3, 0.4) is 0 Å². The van der Waals surface area contributed by atoms with Gasteiger partial charge in [-0.25, -0.2) is 9.48 Å². The summed E-state index contributed by atoms with van der Waals surface area (Å²) in [4.78, 5) is 24.1. The second kappa shape index (κ2) is 7.86. The number of ketones is 1. The van der Waals surface area contributed by atoms with Gasteiger partial charge in [0.05, 0.1) is 24.7 Å². The maximum Gasteiger partial charge on any atom is 0.341 e. The van der Waals surface area contributed by atoms with Crippen LogP contribution in [0.5, 0.6) is 5.75 Å². The Morgan fingerprint density at radius 2 is 1.85 bits per heavy atom. The molecule has 6 heteroatoms. The molecule has 2 aromatic carbocycles. The Hall–Kier alpha value is -3.41. The van der Waals surface area contributed by atoms with Gasteiger partial charge in [-0.1, -0.05) is 18.2 Å². The van der Waals surface area contributed by atoms with Gasteiger partial charge >= 0.3 is 5.97 Å². The third kappa shape index (κ3) is 3.89. The molecular formula is C21H20N2O4. The van der Waals surface area contributed by atoms with Crippen LogP contribution >= 0.6 is 0 Å². The minimum Gasteiger partial charge on any atom is -0.496 e. The zero-order valence-electron chi connectivity index (χ0n) is 15.4. The lowest BCUT2D eigenvalue weighted by Gasteiger charge is -2.11. The second-order valence-electron chi connectivity index (χ2n) is 6.05. The number of rotatable bonds is 6. The van der Waals surface area contributed by atoms with Gasteiger partial charge < -0.3 is 9.47 Å². The summed E-state index contributed by atoms with van der Waals surface area (Å²) < 4.78 is 12.4. The summed E-state index contributed by atoms with van der Waals surface area (Å²) in [6, 6.07) is 14.6. The maximum absolute atomic E-state index is 12.5. The molecule has 0 fully saturated rings. The van der Waals surface area contributed by atoms with Crippen LogP contribution in [0.2, 0.25) is 0 Å². The molecule has 1 aromatic heterocycles. The van der Waals surface area contributed by atoms with E-state index in [9.17, 15) is 9.59 Å². The quantitative estimate of drug-likeness (QED) is 0.492. The zero-order valence-corrected chi connectivity index (χ0v) is 15.4. The van der Waals surface area contributed by atoms with E-state index in [0.717, 1.165) is 5.69 Å². The molecule has 0 atom stereocenters. The van der Waals surface area contributed by atoms with Crippen molar-refractivity contribution in [1.82, 2.24) is 9.78 Å². The normalized spacial score (nSPS) is 10.5. The number of nitrogens with zero attached hydrogens (tertiary/aromatic N) is 2. The van der Waals surface area contributed by atoms with Crippen molar-refractivity contribution < 1.29 is 19.1 Å². The van der Waals surface area contributed by atoms with E-state index in [4.69, 9.17) is 9.47 Å². The molecular weight excluding hydrogens is 344 g/mol. The molecule has 138 valence electrons. The van der Waals surface area contributed by atoms with Crippen molar-refractivity contribution in [2.75, 3.05) is 7.11 Å². The number of hydrogen-bond acceptors (Lipinski definition) is 5. The van der Waals surface area contributed by atoms with Crippen molar-refractivity contribution in [2.45, 2.75) is 20.5 Å². The van der Waals surface area contributed by atoms with E-state index in [1.165, 1.54) is 20.2 Å². The van der Waals surface area contributed by atoms with Crippen LogP contribution in [0.15, 0.2) is 54.7 Å². The Balaban J connectivity index is 1.78. The molecule has 3 aromatic rings. The van der Waals surface area contributed by atoms with Crippen LogP contribution in [-0.2, 0) is 11.3 Å². The average molecular weight is 364 g/mol. The smallest absolute Gasteiger partial charge is 0.341 e. The minimum absolute atomic E-state index is 0.000909. The van der Waals surface area contributed by atoms with Crippen LogP contribution in [0.25, 0.3) is 5.69 Å². The molecule has 1 heterocycles. The van der Waals surface area contributed by atoms with Crippen molar-refractivity contribution in [1.29, 1.82) is 0 Å². The molecule has 0 amide bonds. The number of benzene rings is 2. The number of carbonyl (C=O) groups is 2. The summed E-state index contributed by atoms with van der Waals surface area (Å²) in [5.41, 5.74) is 3.11. The fourth-order valence-electron chi connectivity index (χ4n) is 2.77. The highest BCUT2D eigenvalue weighted by molar-refractivity contribution is 5.94. The maximum atomic E-state index is 12.5. The molecule has 0 bridgehead atoms. The standard InChI is InChI=1S/C21H20N2O4/c1-14-19(12-22-23(14)18-7-5-4-6-8-18)21(25)27-13-17-11-16(15(2)24)9-10-20(17)26-3/h4-12H,13H2,1-3H3. The van der Waals surface area contributed by atoms with Crippen LogP contribution < -0.4 is 4.74 Å². The van der Waals surface area contributed by atoms with Crippen molar-refractivity contribution in [3.05, 3.63) is 77.1 Å². The van der Waals surface area contributed by atoms with Gasteiger partial charge in [0.2, 0.25) is 0 Å². The van der Waals surface area contributed by atoms with E-state index in [2.05, 4.69) is 5.10 Å². The van der Waals surface area contributed by atoms with Gasteiger partial charge in [0, 0.05) is 11.1 Å². The van der Waals surface area contributed by atoms with E-state index < -0.39 is 5.97 Å². The summed E-state index contributed by atoms with van der Waals surface area (Å²) in [7, 11) is 1.53. The number of methoxy groups -OCH3 is 1. The first-order valence-corrected chi connectivity index (χ1v) is 8.46. The van der Waals surface area contributed by atoms with E-state index in [-0.39, 0.29) is 12.4 Å². The number of carbonyl (C=O) groups excluding carboxylic acids is 2. The van der Waals surface area contributed by atoms with Crippen LogP contribution in [0.4, 0.5) is 0 Å². The predicted molar refractivity (Wildman–Crippen MR) is 100 cm³/mol. The van der Waals surface area contributed by atoms with Gasteiger partial charge in [0.15, 0.2) is 5.78 Å². The summed E-state index contributed by atoms with van der Waals surface area (Å²) >= 11 is 0. The Labute approximate surface area is 157 Å². The lowest BCUT2D eigenvalue weighted by molar-refractivity contribution is 0.0469. The molecule has 0 saturated carbocycles. The first kappa shape index (κ1) is 18.4. The molecule has 27 heavy (non-hydrogen) atoms. The average Bonchev–Trinajstić information content (AvgIpc) is 3.08. The Morgan fingerprint density at radius 3 is 2.52 bits per heavy atom. The highest BCUT2D eigenvalue weighted by atomic mass is 16.5. The summed E-state index contributed by atoms with van der Waals surface area (Å²) in [5, 5.41) is 4.28. The van der Waals surface area contributed by atoms with Crippen molar-refractivity contribution in [2.24, 2.45) is 0 Å². The number of hydrogen-bond donors (Lipinski definition) is 0. The molecule has 0 aliphatic carbocycles. The van der Waals surface area contributed by atoms with Crippen molar-refractivity contribution in [3.63, 3.8) is 0 Å². The van der Waals surface area contributed by atoms with Gasteiger partial charge in [-0.2, -0.15) is 5.10 Å². The van der Waals surface area contributed by atoms with Gasteiger partial charge in [-0.15, -0.1) is 0 Å². The fraction of sp³-hybridized carbons (Fsp3) is 0.190. The van der Waals surface area contributed by atoms with E-state index in [0.29, 0.717) is 28.1 Å². The number of esters is 1. The molecule has 0 spiro atoms. The largest absolute Gasteiger partial charge is 0.496 e. The zero-order chi connectivity index (χ0) is 19.4. The summed E-state index contributed by atoms with van der Waals surface area (Å²) in [6.45, 7) is 3.30. The number of ether oxygens (including phenoxy) is 2. The highest BCUT2D eigenvalue weighted by Crippen LogP contribution is 2.22. The van der Waals surface area contributed by atoms with E-state index in [1.807, 2.05) is 37.3 Å². The molecule has 0 N–H and O–H groups in total. The monoisotopic (exact) mass is 364 g/mol. The molecule has 0 saturated heterocycles. The first-order chi connectivity index (χ1) is 13.0. The summed E-state index contributed by atoms with van der Waals surface area (Å²) in [5.74, 6) is 0.0136. The van der Waals surface area contributed by atoms with Crippen LogP contribution in [0.1, 0.15) is 38.9 Å². The molecule has 0 aliphatic rings. The molecule has 0 radical (unpaired) electrons. The lowest BCUT2D eigenvalue weighted by atomic mass is 10.1. The Morgan fingerprint density at radius 1 is 1.11 bits per heavy atom. The molecule has 6 nitrogen and oxygen atoms in total. The highest BCUT2D eigenvalue weighted by Gasteiger charge is 2.17. The number of Topliss-reactive ketones (excluding diaryl/α,β-unsaturated/α-hetero) is 1. The molecule has 3 rings (SSSR count). The number of aromatic nitrogens is 2. The van der Waals surface area contributed by atoms with E-state index >= 15 is 0 Å². The Kier molecular flexibility index (Phi) is 5.35. The SMILES string of the molecule is COc1ccc(C(C)=O)cc1COC(=O)c1cnn(-c2ccccc2)c1C. The predicted octanol–water partition coefficient (Wildman–Crippen LogP) is 3.75. The topological polar surface area (TPSA) is 70.4 Å². The molecule has 0 aliphatic heterocycles. The van der Waals surface area contributed by atoms with Gasteiger partial charge in [0.1, 0.15) is 17.9 Å². The third-order valence-electron chi connectivity index (χ3n) is 4.28. The van der Waals surface area contributed by atoms with Crippen molar-refractivity contribution >= 4 is 11.8 Å². The van der Waals surface area contributed by atoms with Crippen molar-refractivity contribution in [3.8, 4) is 11.4 Å². The minimum atomic E-state index is -0.482. The van der Waals surface area contributed by atoms with Crippen LogP contribution in [0, 0.1) is 6.92 Å². The first-order valence-electron chi connectivity index (χ1n) is 8.46. The fourth-order valence-corrected chi connectivity index (χ4v) is 2.77. The molecule has 0 unspecified atom stereocenters. The van der Waals surface area contributed by atoms with E-state index in [1.54, 1.807) is 22.9 Å².